The van der Waals surface area contributed by atoms with E-state index in [0.29, 0.717) is 11.0 Å². The van der Waals surface area contributed by atoms with Gasteiger partial charge in [-0.2, -0.15) is 0 Å². The van der Waals surface area contributed by atoms with Gasteiger partial charge in [-0.1, -0.05) is 11.3 Å². The highest BCUT2D eigenvalue weighted by Crippen LogP contribution is 2.42. The lowest BCUT2D eigenvalue weighted by molar-refractivity contribution is 0.102. The molecule has 0 radical (unpaired) electrons. The molecule has 18 heavy (non-hydrogen) atoms. The molecule has 7 heteroatoms. The van der Waals surface area contributed by atoms with E-state index in [9.17, 15) is 9.18 Å². The standard InChI is InChI=1S/C11H9FN4OS/c12-7-3-4-8(13-5-7)9(17)14-11-16-15-10(18-11)6-1-2-6/h3-6H,1-2H2,(H,14,16,17). The Labute approximate surface area is 106 Å². The predicted octanol–water partition coefficient (Wildman–Crippen LogP) is 2.20. The summed E-state index contributed by atoms with van der Waals surface area (Å²) in [4.78, 5) is 15.5. The van der Waals surface area contributed by atoms with Crippen LogP contribution in [-0.4, -0.2) is 21.1 Å². The highest BCUT2D eigenvalue weighted by Gasteiger charge is 2.27. The maximum absolute atomic E-state index is 12.7. The Bertz CT molecular complexity index is 579. The van der Waals surface area contributed by atoms with Gasteiger partial charge in [-0.3, -0.25) is 10.1 Å². The van der Waals surface area contributed by atoms with E-state index in [1.807, 2.05) is 0 Å². The van der Waals surface area contributed by atoms with Crippen LogP contribution in [0.1, 0.15) is 34.3 Å². The molecule has 0 saturated heterocycles. The Morgan fingerprint density at radius 3 is 2.89 bits per heavy atom. The van der Waals surface area contributed by atoms with Gasteiger partial charge in [-0.05, 0) is 25.0 Å². The second-order valence-electron chi connectivity index (χ2n) is 4.04. The zero-order valence-corrected chi connectivity index (χ0v) is 10.1. The Hall–Kier alpha value is -1.89. The molecular formula is C11H9FN4OS. The summed E-state index contributed by atoms with van der Waals surface area (Å²) in [6, 6.07) is 2.52. The third kappa shape index (κ3) is 2.35. The van der Waals surface area contributed by atoms with E-state index < -0.39 is 11.7 Å². The first-order chi connectivity index (χ1) is 8.72. The molecule has 0 spiro atoms. The van der Waals surface area contributed by atoms with Crippen LogP contribution in [0.4, 0.5) is 9.52 Å². The Morgan fingerprint density at radius 2 is 2.22 bits per heavy atom. The molecule has 0 atom stereocenters. The molecule has 0 aliphatic heterocycles. The second kappa shape index (κ2) is 4.41. The molecule has 5 nitrogen and oxygen atoms in total. The summed E-state index contributed by atoms with van der Waals surface area (Å²) in [5.41, 5.74) is 0.152. The molecule has 1 saturated carbocycles. The van der Waals surface area contributed by atoms with Gasteiger partial charge in [0.2, 0.25) is 5.13 Å². The van der Waals surface area contributed by atoms with Crippen molar-refractivity contribution in [3.05, 3.63) is 34.8 Å². The van der Waals surface area contributed by atoms with E-state index in [0.717, 1.165) is 24.0 Å². The Kier molecular flexibility index (Phi) is 2.75. The molecule has 2 heterocycles. The zero-order chi connectivity index (χ0) is 12.5. The molecule has 92 valence electrons. The smallest absolute Gasteiger partial charge is 0.276 e. The lowest BCUT2D eigenvalue weighted by Gasteiger charge is -1.99. The van der Waals surface area contributed by atoms with Crippen molar-refractivity contribution in [2.24, 2.45) is 0 Å². The van der Waals surface area contributed by atoms with Crippen molar-refractivity contribution < 1.29 is 9.18 Å². The first-order valence-electron chi connectivity index (χ1n) is 5.48. The highest BCUT2D eigenvalue weighted by atomic mass is 32.1. The topological polar surface area (TPSA) is 67.8 Å². The van der Waals surface area contributed by atoms with Gasteiger partial charge >= 0.3 is 0 Å². The van der Waals surface area contributed by atoms with Crippen molar-refractivity contribution in [2.75, 3.05) is 5.32 Å². The van der Waals surface area contributed by atoms with E-state index in [1.54, 1.807) is 0 Å². The zero-order valence-electron chi connectivity index (χ0n) is 9.26. The number of halogens is 1. The molecule has 1 aliphatic carbocycles. The van der Waals surface area contributed by atoms with Gasteiger partial charge in [0.05, 0.1) is 6.20 Å². The monoisotopic (exact) mass is 264 g/mol. The number of hydrogen-bond donors (Lipinski definition) is 1. The minimum absolute atomic E-state index is 0.152. The highest BCUT2D eigenvalue weighted by molar-refractivity contribution is 7.15. The van der Waals surface area contributed by atoms with E-state index >= 15 is 0 Å². The fourth-order valence-corrected chi connectivity index (χ4v) is 2.36. The van der Waals surface area contributed by atoms with E-state index in [1.165, 1.54) is 23.5 Å². The molecule has 2 aromatic heterocycles. The summed E-state index contributed by atoms with van der Waals surface area (Å²) in [5.74, 6) is -0.371. The number of carbonyl (C=O) groups excluding carboxylic acids is 1. The lowest BCUT2D eigenvalue weighted by Crippen LogP contribution is -2.13. The molecule has 3 rings (SSSR count). The lowest BCUT2D eigenvalue weighted by atomic mass is 10.3. The fourth-order valence-electron chi connectivity index (χ4n) is 1.45. The van der Waals surface area contributed by atoms with Gasteiger partial charge in [0.15, 0.2) is 0 Å². The van der Waals surface area contributed by atoms with Crippen LogP contribution in [0.25, 0.3) is 0 Å². The van der Waals surface area contributed by atoms with E-state index in [2.05, 4.69) is 20.5 Å². The number of anilines is 1. The van der Waals surface area contributed by atoms with E-state index in [4.69, 9.17) is 0 Å². The quantitative estimate of drug-likeness (QED) is 0.922. The van der Waals surface area contributed by atoms with E-state index in [-0.39, 0.29) is 5.69 Å². The predicted molar refractivity (Wildman–Crippen MR) is 64.0 cm³/mol. The van der Waals surface area contributed by atoms with Crippen molar-refractivity contribution in [1.29, 1.82) is 0 Å². The summed E-state index contributed by atoms with van der Waals surface area (Å²) in [6.07, 6.45) is 3.29. The Balaban J connectivity index is 1.70. The summed E-state index contributed by atoms with van der Waals surface area (Å²) >= 11 is 1.37. The van der Waals surface area contributed by atoms with Crippen molar-refractivity contribution in [3.8, 4) is 0 Å². The van der Waals surface area contributed by atoms with Crippen molar-refractivity contribution in [2.45, 2.75) is 18.8 Å². The average molecular weight is 264 g/mol. The van der Waals surface area contributed by atoms with Gasteiger partial charge in [0.1, 0.15) is 16.5 Å². The van der Waals surface area contributed by atoms with Crippen molar-refractivity contribution in [3.63, 3.8) is 0 Å². The fraction of sp³-hybridized carbons (Fsp3) is 0.273. The first-order valence-corrected chi connectivity index (χ1v) is 6.30. The van der Waals surface area contributed by atoms with Gasteiger partial charge in [-0.25, -0.2) is 9.37 Å². The number of nitrogens with zero attached hydrogens (tertiary/aromatic N) is 3. The van der Waals surface area contributed by atoms with Crippen LogP contribution in [0.2, 0.25) is 0 Å². The average Bonchev–Trinajstić information content (AvgIpc) is 3.11. The molecule has 0 unspecified atom stereocenters. The molecule has 1 N–H and O–H groups in total. The molecule has 1 amide bonds. The van der Waals surface area contributed by atoms with Crippen LogP contribution in [0, 0.1) is 5.82 Å². The van der Waals surface area contributed by atoms with Crippen LogP contribution in [0.5, 0.6) is 0 Å². The number of amides is 1. The number of carbonyl (C=O) groups is 1. The Morgan fingerprint density at radius 1 is 1.39 bits per heavy atom. The SMILES string of the molecule is O=C(Nc1nnc(C2CC2)s1)c1ccc(F)cn1. The van der Waals surface area contributed by atoms with Crippen LogP contribution < -0.4 is 5.32 Å². The summed E-state index contributed by atoms with van der Waals surface area (Å²) in [7, 11) is 0. The minimum Gasteiger partial charge on any atom is -0.295 e. The third-order valence-corrected chi connectivity index (χ3v) is 3.55. The molecule has 1 fully saturated rings. The molecule has 2 aromatic rings. The summed E-state index contributed by atoms with van der Waals surface area (Å²) < 4.78 is 12.7. The third-order valence-electron chi connectivity index (χ3n) is 2.55. The number of aromatic nitrogens is 3. The minimum atomic E-state index is -0.474. The number of nitrogens with one attached hydrogen (secondary N) is 1. The van der Waals surface area contributed by atoms with Gasteiger partial charge in [-0.15, -0.1) is 10.2 Å². The van der Waals surface area contributed by atoms with Gasteiger partial charge in [0, 0.05) is 5.92 Å². The van der Waals surface area contributed by atoms with Gasteiger partial charge in [0.25, 0.3) is 5.91 Å². The van der Waals surface area contributed by atoms with Gasteiger partial charge < -0.3 is 0 Å². The molecule has 1 aliphatic rings. The number of rotatable bonds is 3. The van der Waals surface area contributed by atoms with Crippen molar-refractivity contribution >= 4 is 22.4 Å². The maximum atomic E-state index is 12.7. The molecule has 0 bridgehead atoms. The van der Waals surface area contributed by atoms with Crippen LogP contribution in [0.15, 0.2) is 18.3 Å². The summed E-state index contributed by atoms with van der Waals surface area (Å²) in [6.45, 7) is 0. The van der Waals surface area contributed by atoms with Crippen LogP contribution >= 0.6 is 11.3 Å². The number of hydrogen-bond acceptors (Lipinski definition) is 5. The largest absolute Gasteiger partial charge is 0.295 e. The second-order valence-corrected chi connectivity index (χ2v) is 5.04. The normalized spacial score (nSPS) is 14.5. The van der Waals surface area contributed by atoms with Crippen LogP contribution in [0.3, 0.4) is 0 Å². The first kappa shape index (κ1) is 11.2. The summed E-state index contributed by atoms with van der Waals surface area (Å²) in [5, 5.41) is 11.9. The van der Waals surface area contributed by atoms with Crippen LogP contribution in [-0.2, 0) is 0 Å². The maximum Gasteiger partial charge on any atom is 0.276 e. The number of pyridine rings is 1. The molecule has 0 aromatic carbocycles. The van der Waals surface area contributed by atoms with Crippen molar-refractivity contribution in [1.82, 2.24) is 15.2 Å². The molecular weight excluding hydrogens is 255 g/mol.